The molecule has 3 heteroatoms. The molecule has 1 saturated heterocycles. The Morgan fingerprint density at radius 1 is 1.43 bits per heavy atom. The zero-order chi connectivity index (χ0) is 10.8. The van der Waals surface area contributed by atoms with Gasteiger partial charge < -0.3 is 10.5 Å². The predicted molar refractivity (Wildman–Crippen MR) is 63.1 cm³/mol. The fourth-order valence-electron chi connectivity index (χ4n) is 2.74. The van der Waals surface area contributed by atoms with E-state index >= 15 is 0 Å². The molecule has 1 fully saturated rings. The largest absolute Gasteiger partial charge is 0.380 e. The van der Waals surface area contributed by atoms with Crippen LogP contribution in [0.5, 0.6) is 0 Å². The van der Waals surface area contributed by atoms with Gasteiger partial charge in [-0.1, -0.05) is 20.8 Å². The first kappa shape index (κ1) is 12.1. The zero-order valence-electron chi connectivity index (χ0n) is 10.0. The van der Waals surface area contributed by atoms with Crippen molar-refractivity contribution in [3.05, 3.63) is 0 Å². The molecule has 14 heavy (non-hydrogen) atoms. The first-order valence-electron chi connectivity index (χ1n) is 5.95. The lowest BCUT2D eigenvalue weighted by Gasteiger charge is -2.32. The van der Waals surface area contributed by atoms with Gasteiger partial charge in [0.25, 0.3) is 0 Å². The van der Waals surface area contributed by atoms with E-state index in [4.69, 9.17) is 10.5 Å². The first-order valence-corrected chi connectivity index (χ1v) is 5.95. The van der Waals surface area contributed by atoms with Gasteiger partial charge >= 0.3 is 0 Å². The fourth-order valence-corrected chi connectivity index (χ4v) is 2.74. The van der Waals surface area contributed by atoms with Crippen molar-refractivity contribution in [1.82, 2.24) is 0 Å². The fraction of sp³-hybridized carbons (Fsp3) is 1.00. The summed E-state index contributed by atoms with van der Waals surface area (Å²) in [5.41, 5.74) is 5.69. The van der Waals surface area contributed by atoms with Gasteiger partial charge in [-0.3, -0.25) is 0 Å². The van der Waals surface area contributed by atoms with E-state index in [2.05, 4.69) is 28.6 Å². The molecule has 2 N–H and O–H groups in total. The zero-order valence-corrected chi connectivity index (χ0v) is 10.0. The molecule has 0 aliphatic carbocycles. The van der Waals surface area contributed by atoms with Gasteiger partial charge in [-0.2, -0.15) is 0 Å². The Hall–Kier alpha value is -0.0151. The minimum atomic E-state index is 0.109. The van der Waals surface area contributed by atoms with Crippen LogP contribution >= 0.6 is 0 Å². The van der Waals surface area contributed by atoms with Crippen molar-refractivity contribution in [2.24, 2.45) is 17.6 Å². The van der Waals surface area contributed by atoms with E-state index in [1.807, 2.05) is 0 Å². The maximum Gasteiger partial charge on any atom is 0.139 e. The Morgan fingerprint density at radius 3 is 2.43 bits per heavy atom. The maximum atomic E-state index is 6.17. The van der Waals surface area contributed by atoms with E-state index in [1.165, 1.54) is 0 Å². The lowest BCUT2D eigenvalue weighted by molar-refractivity contribution is -0.0415. The molecule has 0 amide bonds. The Bertz CT molecular complexity index is 188. The van der Waals surface area contributed by atoms with Crippen LogP contribution < -0.4 is 5.73 Å². The summed E-state index contributed by atoms with van der Waals surface area (Å²) in [4.78, 5) is 0. The van der Waals surface area contributed by atoms with Crippen LogP contribution in [0.15, 0.2) is 0 Å². The van der Waals surface area contributed by atoms with Crippen molar-refractivity contribution in [2.45, 2.75) is 51.6 Å². The van der Waals surface area contributed by atoms with Gasteiger partial charge in [0.1, 0.15) is 7.85 Å². The Morgan fingerprint density at radius 2 is 2.07 bits per heavy atom. The molecular weight excluding hydrogens is 173 g/mol. The lowest BCUT2D eigenvalue weighted by atomic mass is 9.75. The van der Waals surface area contributed by atoms with Crippen LogP contribution in [-0.4, -0.2) is 26.0 Å². The number of hydrogen-bond acceptors (Lipinski definition) is 2. The van der Waals surface area contributed by atoms with Crippen LogP contribution in [0.1, 0.15) is 40.0 Å². The third kappa shape index (κ3) is 1.99. The Balaban J connectivity index is 2.69. The minimum Gasteiger partial charge on any atom is -0.380 e. The molecule has 82 valence electrons. The summed E-state index contributed by atoms with van der Waals surface area (Å²) in [5.74, 6) is 1.33. The van der Waals surface area contributed by atoms with Gasteiger partial charge in [0.2, 0.25) is 0 Å². The molecule has 1 aliphatic heterocycles. The van der Waals surface area contributed by atoms with Crippen molar-refractivity contribution in [3.8, 4) is 0 Å². The second-order valence-electron chi connectivity index (χ2n) is 4.78. The van der Waals surface area contributed by atoms with E-state index in [0.29, 0.717) is 17.8 Å². The van der Waals surface area contributed by atoms with Crippen molar-refractivity contribution >= 4 is 7.85 Å². The molecule has 0 saturated carbocycles. The van der Waals surface area contributed by atoms with Crippen molar-refractivity contribution in [1.29, 1.82) is 0 Å². The second-order valence-corrected chi connectivity index (χ2v) is 4.78. The number of nitrogens with two attached hydrogens (primary N) is 1. The van der Waals surface area contributed by atoms with E-state index in [1.54, 1.807) is 0 Å². The van der Waals surface area contributed by atoms with Crippen LogP contribution in [0.2, 0.25) is 0 Å². The number of rotatable bonds is 4. The van der Waals surface area contributed by atoms with Gasteiger partial charge in [0.05, 0.1) is 5.60 Å². The van der Waals surface area contributed by atoms with Crippen LogP contribution in [-0.2, 0) is 4.74 Å². The molecule has 0 bridgehead atoms. The summed E-state index contributed by atoms with van der Waals surface area (Å²) >= 11 is 0. The quantitative estimate of drug-likeness (QED) is 0.686. The van der Waals surface area contributed by atoms with Crippen LogP contribution in [0.4, 0.5) is 0 Å². The highest BCUT2D eigenvalue weighted by atomic mass is 16.5. The lowest BCUT2D eigenvalue weighted by Crippen LogP contribution is -2.35. The van der Waals surface area contributed by atoms with Crippen molar-refractivity contribution < 1.29 is 4.74 Å². The normalized spacial score (nSPS) is 43.0. The molecule has 2 nitrogen and oxygen atoms in total. The number of hydrogen-bond donors (Lipinski definition) is 1. The monoisotopic (exact) mass is 197 g/mol. The summed E-state index contributed by atoms with van der Waals surface area (Å²) < 4.78 is 6.17. The highest BCUT2D eigenvalue weighted by Crippen LogP contribution is 2.44. The van der Waals surface area contributed by atoms with E-state index in [-0.39, 0.29) is 5.60 Å². The summed E-state index contributed by atoms with van der Waals surface area (Å²) in [6.45, 7) is 7.64. The topological polar surface area (TPSA) is 35.2 Å². The first-order chi connectivity index (χ1) is 6.57. The predicted octanol–water partition coefficient (Wildman–Crippen LogP) is 1.14. The average Bonchev–Trinajstić information content (AvgIpc) is 2.41. The van der Waals surface area contributed by atoms with Crippen molar-refractivity contribution in [2.75, 3.05) is 6.54 Å². The van der Waals surface area contributed by atoms with E-state index in [0.717, 1.165) is 25.8 Å². The van der Waals surface area contributed by atoms with E-state index in [9.17, 15) is 0 Å². The third-order valence-corrected chi connectivity index (χ3v) is 4.18. The molecule has 1 heterocycles. The smallest absolute Gasteiger partial charge is 0.139 e. The highest BCUT2D eigenvalue weighted by Gasteiger charge is 2.46. The van der Waals surface area contributed by atoms with E-state index < -0.39 is 0 Å². The standard InChI is InChI=1S/C11H24BNO/c1-4-11(6-5-7-13)9(3)8(2)10(12)14-11/h8-10H,4-7,12-13H2,1-3H3/t8-,9?,10+,11-/m0/s1. The summed E-state index contributed by atoms with van der Waals surface area (Å²) in [6, 6.07) is 0.405. The van der Waals surface area contributed by atoms with Gasteiger partial charge in [-0.25, -0.2) is 0 Å². The van der Waals surface area contributed by atoms with Gasteiger partial charge in [-0.15, -0.1) is 0 Å². The highest BCUT2D eigenvalue weighted by molar-refractivity contribution is 6.11. The second kappa shape index (κ2) is 4.67. The summed E-state index contributed by atoms with van der Waals surface area (Å²) in [7, 11) is 2.20. The van der Waals surface area contributed by atoms with Gasteiger partial charge in [0.15, 0.2) is 0 Å². The summed E-state index contributed by atoms with van der Waals surface area (Å²) in [6.07, 6.45) is 3.32. The molecule has 0 aromatic rings. The SMILES string of the molecule is B[C@@H]1O[C@@](CC)(CCCN)C(C)[C@@H]1C. The third-order valence-electron chi connectivity index (χ3n) is 4.18. The molecule has 4 atom stereocenters. The molecule has 1 unspecified atom stereocenters. The van der Waals surface area contributed by atoms with Crippen molar-refractivity contribution in [3.63, 3.8) is 0 Å². The minimum absolute atomic E-state index is 0.109. The van der Waals surface area contributed by atoms with Crippen LogP contribution in [0.25, 0.3) is 0 Å². The average molecular weight is 197 g/mol. The Labute approximate surface area is 89.0 Å². The number of ether oxygens (including phenoxy) is 1. The molecule has 0 aromatic heterocycles. The molecular formula is C11H24BNO. The molecule has 0 aromatic carbocycles. The van der Waals surface area contributed by atoms with Gasteiger partial charge in [-0.05, 0) is 37.6 Å². The molecule has 1 aliphatic rings. The Kier molecular flexibility index (Phi) is 4.02. The van der Waals surface area contributed by atoms with Crippen LogP contribution in [0.3, 0.4) is 0 Å². The van der Waals surface area contributed by atoms with Gasteiger partial charge in [0, 0.05) is 6.00 Å². The summed E-state index contributed by atoms with van der Waals surface area (Å²) in [5, 5.41) is 0. The maximum absolute atomic E-state index is 6.17. The molecule has 0 radical (unpaired) electrons. The molecule has 1 rings (SSSR count). The molecule has 0 spiro atoms. The van der Waals surface area contributed by atoms with Crippen LogP contribution in [0, 0.1) is 11.8 Å².